The topological polar surface area (TPSA) is 120 Å². The number of carbonyl (C=O) groups excluding carboxylic acids is 1. The maximum absolute atomic E-state index is 13.7. The molecule has 0 aliphatic carbocycles. The van der Waals surface area contributed by atoms with Gasteiger partial charge in [-0.2, -0.15) is 13.2 Å². The number of nitrogens with one attached hydrogen (secondary N) is 1. The van der Waals surface area contributed by atoms with E-state index in [1.807, 2.05) is 24.3 Å². The minimum absolute atomic E-state index is 0.0258. The Morgan fingerprint density at radius 1 is 1.10 bits per heavy atom. The zero-order valence-electron chi connectivity index (χ0n) is 20.5. The summed E-state index contributed by atoms with van der Waals surface area (Å²) in [5.74, 6) is -0.919. The van der Waals surface area contributed by atoms with Gasteiger partial charge < -0.3 is 10.5 Å². The van der Waals surface area contributed by atoms with E-state index in [4.69, 9.17) is 10.5 Å². The number of nitrogens with two attached hydrogens (primary N) is 1. The van der Waals surface area contributed by atoms with Crippen LogP contribution in [0.3, 0.4) is 0 Å². The van der Waals surface area contributed by atoms with Crippen molar-refractivity contribution in [1.29, 1.82) is 0 Å². The molecule has 0 amide bonds. The van der Waals surface area contributed by atoms with E-state index in [9.17, 15) is 31.2 Å². The summed E-state index contributed by atoms with van der Waals surface area (Å²) in [5.41, 5.74) is 4.32. The number of alkyl halides is 3. The first-order chi connectivity index (χ1) is 18.4. The van der Waals surface area contributed by atoms with Crippen molar-refractivity contribution in [2.75, 3.05) is 19.4 Å². The van der Waals surface area contributed by atoms with E-state index in [2.05, 4.69) is 4.72 Å². The fourth-order valence-electron chi connectivity index (χ4n) is 4.92. The second-order valence-electron chi connectivity index (χ2n) is 9.03. The van der Waals surface area contributed by atoms with Crippen LogP contribution in [0, 0.1) is 0 Å². The fraction of sp³-hybridized carbons (Fsp3) is 0.185. The predicted molar refractivity (Wildman–Crippen MR) is 139 cm³/mol. The molecular weight excluding hydrogens is 535 g/mol. The third-order valence-corrected chi connectivity index (χ3v) is 8.20. The standard InChI is InChI=1S/C27H22F3N3O5S/c1-38-26(35)21-14-32-39(36,37)25-22(17-9-5-10-18(12-17)27(28,29)30)20(23(31)24(34)33(21)25)13-16-8-4-7-15-6-2-3-11-19(15)16/h2-12,21,32H,13-14,31H2,1H3. The number of anilines is 1. The van der Waals surface area contributed by atoms with Crippen LogP contribution < -0.4 is 16.0 Å². The van der Waals surface area contributed by atoms with Crippen molar-refractivity contribution in [1.82, 2.24) is 9.29 Å². The maximum atomic E-state index is 13.7. The van der Waals surface area contributed by atoms with Gasteiger partial charge in [-0.25, -0.2) is 17.9 Å². The van der Waals surface area contributed by atoms with Crippen LogP contribution in [0.5, 0.6) is 0 Å². The van der Waals surface area contributed by atoms with Gasteiger partial charge >= 0.3 is 12.1 Å². The number of esters is 1. The summed E-state index contributed by atoms with van der Waals surface area (Å²) in [6.07, 6.45) is -4.80. The normalized spacial score (nSPS) is 16.6. The minimum atomic E-state index is -4.73. The zero-order chi connectivity index (χ0) is 28.1. The number of sulfonamides is 1. The SMILES string of the molecule is COC(=O)C1CNS(=O)(=O)c2c(-c3cccc(C(F)(F)F)c3)c(Cc3cccc4ccccc34)c(N)c(=O)n21. The number of pyridine rings is 1. The number of hydrogen-bond donors (Lipinski definition) is 2. The van der Waals surface area contributed by atoms with Gasteiger partial charge in [0.1, 0.15) is 11.7 Å². The number of hydrogen-bond acceptors (Lipinski definition) is 6. The van der Waals surface area contributed by atoms with Crippen molar-refractivity contribution in [2.45, 2.75) is 23.7 Å². The van der Waals surface area contributed by atoms with Crippen LogP contribution in [0.4, 0.5) is 18.9 Å². The van der Waals surface area contributed by atoms with Crippen molar-refractivity contribution >= 4 is 32.5 Å². The van der Waals surface area contributed by atoms with Gasteiger partial charge in [-0.1, -0.05) is 54.6 Å². The average Bonchev–Trinajstić information content (AvgIpc) is 2.91. The second-order valence-corrected chi connectivity index (χ2v) is 10.7. The molecule has 0 saturated carbocycles. The first kappa shape index (κ1) is 26.4. The summed E-state index contributed by atoms with van der Waals surface area (Å²) in [6, 6.07) is 15.4. The van der Waals surface area contributed by atoms with E-state index in [0.717, 1.165) is 36.1 Å². The van der Waals surface area contributed by atoms with Crippen molar-refractivity contribution < 1.29 is 31.1 Å². The summed E-state index contributed by atoms with van der Waals surface area (Å²) in [6.45, 7) is -0.494. The third kappa shape index (κ3) is 4.55. The molecule has 0 fully saturated rings. The number of nitrogens with zero attached hydrogens (tertiary/aromatic N) is 1. The zero-order valence-corrected chi connectivity index (χ0v) is 21.3. The molecule has 1 aliphatic heterocycles. The first-order valence-electron chi connectivity index (χ1n) is 11.7. The highest BCUT2D eigenvalue weighted by Gasteiger charge is 2.40. The number of aromatic nitrogens is 1. The van der Waals surface area contributed by atoms with Crippen LogP contribution in [0.25, 0.3) is 21.9 Å². The Morgan fingerprint density at radius 2 is 1.79 bits per heavy atom. The van der Waals surface area contributed by atoms with Gasteiger partial charge in [-0.15, -0.1) is 0 Å². The molecule has 8 nitrogen and oxygen atoms in total. The smallest absolute Gasteiger partial charge is 0.416 e. The lowest BCUT2D eigenvalue weighted by atomic mass is 9.92. The molecule has 1 aromatic heterocycles. The molecule has 0 bridgehead atoms. The molecule has 1 atom stereocenters. The Balaban J connectivity index is 1.90. The number of methoxy groups -OCH3 is 1. The fourth-order valence-corrected chi connectivity index (χ4v) is 6.42. The van der Waals surface area contributed by atoms with E-state index in [-0.39, 0.29) is 28.8 Å². The molecule has 2 heterocycles. The van der Waals surface area contributed by atoms with Gasteiger partial charge in [0.2, 0.25) is 0 Å². The third-order valence-electron chi connectivity index (χ3n) is 6.74. The molecule has 1 unspecified atom stereocenters. The van der Waals surface area contributed by atoms with Gasteiger partial charge in [0.05, 0.1) is 12.7 Å². The monoisotopic (exact) mass is 557 g/mol. The summed E-state index contributed by atoms with van der Waals surface area (Å²) < 4.78 is 75.6. The summed E-state index contributed by atoms with van der Waals surface area (Å²) >= 11 is 0. The lowest BCUT2D eigenvalue weighted by molar-refractivity contribution is -0.144. The molecule has 0 saturated heterocycles. The Bertz CT molecular complexity index is 1790. The molecule has 3 aromatic carbocycles. The molecule has 12 heteroatoms. The molecule has 39 heavy (non-hydrogen) atoms. The first-order valence-corrected chi connectivity index (χ1v) is 13.2. The molecule has 202 valence electrons. The number of fused-ring (bicyclic) bond motifs is 2. The van der Waals surface area contributed by atoms with Crippen LogP contribution in [0.1, 0.15) is 22.7 Å². The van der Waals surface area contributed by atoms with Gasteiger partial charge in [-0.3, -0.25) is 9.36 Å². The lowest BCUT2D eigenvalue weighted by Gasteiger charge is -2.30. The van der Waals surface area contributed by atoms with Crippen LogP contribution >= 0.6 is 0 Å². The van der Waals surface area contributed by atoms with Gasteiger partial charge in [0.25, 0.3) is 15.6 Å². The quantitative estimate of drug-likeness (QED) is 0.368. The molecule has 5 rings (SSSR count). The highest BCUT2D eigenvalue weighted by molar-refractivity contribution is 7.89. The number of nitrogen functional groups attached to an aromatic ring is 1. The van der Waals surface area contributed by atoms with E-state index in [0.29, 0.717) is 10.1 Å². The number of halogens is 3. The number of ether oxygens (including phenoxy) is 1. The summed E-state index contributed by atoms with van der Waals surface area (Å²) in [4.78, 5) is 26.1. The molecule has 3 N–H and O–H groups in total. The number of rotatable bonds is 4. The van der Waals surface area contributed by atoms with Crippen molar-refractivity contribution in [3.8, 4) is 11.1 Å². The van der Waals surface area contributed by atoms with Crippen LogP contribution in [0.15, 0.2) is 76.6 Å². The second kappa shape index (κ2) is 9.54. The minimum Gasteiger partial charge on any atom is -0.467 e. The van der Waals surface area contributed by atoms with Gasteiger partial charge in [0.15, 0.2) is 5.03 Å². The highest BCUT2D eigenvalue weighted by atomic mass is 32.2. The van der Waals surface area contributed by atoms with Gasteiger partial charge in [-0.05, 0) is 39.6 Å². The van der Waals surface area contributed by atoms with Crippen molar-refractivity contribution in [3.05, 3.63) is 93.8 Å². The van der Waals surface area contributed by atoms with E-state index in [1.54, 1.807) is 18.2 Å². The summed E-state index contributed by atoms with van der Waals surface area (Å²) in [7, 11) is -3.40. The highest BCUT2D eigenvalue weighted by Crippen LogP contribution is 2.40. The molecule has 0 spiro atoms. The number of benzene rings is 3. The van der Waals surface area contributed by atoms with E-state index >= 15 is 0 Å². The molecular formula is C27H22F3N3O5S. The number of carbonyl (C=O) groups is 1. The Morgan fingerprint density at radius 3 is 2.51 bits per heavy atom. The van der Waals surface area contributed by atoms with Crippen LogP contribution in [-0.4, -0.2) is 32.6 Å². The van der Waals surface area contributed by atoms with Gasteiger partial charge in [0, 0.05) is 18.5 Å². The Hall–Kier alpha value is -4.16. The van der Waals surface area contributed by atoms with E-state index in [1.165, 1.54) is 6.07 Å². The predicted octanol–water partition coefficient (Wildman–Crippen LogP) is 3.87. The lowest BCUT2D eigenvalue weighted by Crippen LogP contribution is -2.48. The van der Waals surface area contributed by atoms with Crippen LogP contribution in [-0.2, 0) is 32.2 Å². The van der Waals surface area contributed by atoms with E-state index < -0.39 is 50.9 Å². The summed E-state index contributed by atoms with van der Waals surface area (Å²) in [5, 5.41) is 1.00. The average molecular weight is 558 g/mol. The van der Waals surface area contributed by atoms with Crippen LogP contribution in [0.2, 0.25) is 0 Å². The Labute approximate surface area is 220 Å². The molecule has 0 radical (unpaired) electrons. The Kier molecular flexibility index (Phi) is 6.47. The van der Waals surface area contributed by atoms with Crippen molar-refractivity contribution in [3.63, 3.8) is 0 Å². The molecule has 1 aliphatic rings. The van der Waals surface area contributed by atoms with Crippen molar-refractivity contribution in [2.24, 2.45) is 0 Å². The maximum Gasteiger partial charge on any atom is 0.416 e. The largest absolute Gasteiger partial charge is 0.467 e. The molecule has 4 aromatic rings.